The topological polar surface area (TPSA) is 34.0 Å². The molecule has 3 nitrogen and oxygen atoms in total. The number of pyridine rings is 1. The molecular formula is C16H26N2O. The van der Waals surface area contributed by atoms with E-state index in [1.165, 1.54) is 38.5 Å². The largest absolute Gasteiger partial charge is 0.314 e. The molecule has 0 spiro atoms. The van der Waals surface area contributed by atoms with Crippen LogP contribution in [0.1, 0.15) is 45.4 Å². The lowest BCUT2D eigenvalue weighted by Crippen LogP contribution is -2.36. The Bertz CT molecular complexity index is 419. The first-order chi connectivity index (χ1) is 9.27. The Morgan fingerprint density at radius 2 is 2.00 bits per heavy atom. The molecule has 0 amide bonds. The molecule has 1 atom stereocenters. The lowest BCUT2D eigenvalue weighted by molar-refractivity contribution is 0.333. The summed E-state index contributed by atoms with van der Waals surface area (Å²) in [6.07, 6.45) is 10.2. The van der Waals surface area contributed by atoms with Gasteiger partial charge in [-0.25, -0.2) is 0 Å². The van der Waals surface area contributed by atoms with Crippen LogP contribution < -0.4 is 10.9 Å². The van der Waals surface area contributed by atoms with Crippen LogP contribution in [-0.4, -0.2) is 17.2 Å². The second-order valence-electron chi connectivity index (χ2n) is 5.73. The van der Waals surface area contributed by atoms with Gasteiger partial charge in [-0.3, -0.25) is 4.79 Å². The van der Waals surface area contributed by atoms with Crippen molar-refractivity contribution in [1.29, 1.82) is 0 Å². The average Bonchev–Trinajstić information content (AvgIpc) is 2.70. The van der Waals surface area contributed by atoms with Gasteiger partial charge in [-0.05, 0) is 31.7 Å². The third-order valence-corrected chi connectivity index (χ3v) is 4.32. The minimum Gasteiger partial charge on any atom is -0.314 e. The number of hydrogen-bond donors (Lipinski definition) is 1. The summed E-state index contributed by atoms with van der Waals surface area (Å²) in [5.41, 5.74) is 0.0893. The predicted octanol–water partition coefficient (Wildman–Crippen LogP) is 2.80. The predicted molar refractivity (Wildman–Crippen MR) is 79.4 cm³/mol. The Labute approximate surface area is 116 Å². The van der Waals surface area contributed by atoms with E-state index in [-0.39, 0.29) is 5.56 Å². The van der Waals surface area contributed by atoms with Gasteiger partial charge in [-0.15, -0.1) is 0 Å². The van der Waals surface area contributed by atoms with E-state index in [0.717, 1.165) is 19.0 Å². The van der Waals surface area contributed by atoms with Crippen molar-refractivity contribution in [3.63, 3.8) is 0 Å². The van der Waals surface area contributed by atoms with Gasteiger partial charge in [0, 0.05) is 31.4 Å². The third-order valence-electron chi connectivity index (χ3n) is 4.32. The molecule has 0 saturated heterocycles. The highest BCUT2D eigenvalue weighted by Crippen LogP contribution is 2.25. The first kappa shape index (κ1) is 14.3. The SMILES string of the molecule is C[C@H](NCCn1ccccc1=O)C1CCCCCC1. The second kappa shape index (κ2) is 7.49. The fraction of sp³-hybridized carbons (Fsp3) is 0.688. The molecule has 0 aliphatic heterocycles. The Kier molecular flexibility index (Phi) is 5.64. The number of aromatic nitrogens is 1. The van der Waals surface area contributed by atoms with Crippen LogP contribution in [0, 0.1) is 5.92 Å². The van der Waals surface area contributed by atoms with Crippen molar-refractivity contribution < 1.29 is 0 Å². The fourth-order valence-corrected chi connectivity index (χ4v) is 3.04. The molecule has 1 N–H and O–H groups in total. The Hall–Kier alpha value is -1.09. The zero-order chi connectivity index (χ0) is 13.5. The maximum absolute atomic E-state index is 11.6. The summed E-state index contributed by atoms with van der Waals surface area (Å²) < 4.78 is 1.77. The number of hydrogen-bond acceptors (Lipinski definition) is 2. The van der Waals surface area contributed by atoms with Gasteiger partial charge in [-0.1, -0.05) is 31.7 Å². The summed E-state index contributed by atoms with van der Waals surface area (Å²) in [6.45, 7) is 3.93. The molecule has 1 aromatic rings. The summed E-state index contributed by atoms with van der Waals surface area (Å²) >= 11 is 0. The van der Waals surface area contributed by atoms with Gasteiger partial charge in [0.1, 0.15) is 0 Å². The van der Waals surface area contributed by atoms with E-state index in [2.05, 4.69) is 12.2 Å². The van der Waals surface area contributed by atoms with E-state index in [1.807, 2.05) is 12.3 Å². The van der Waals surface area contributed by atoms with Crippen LogP contribution in [0.25, 0.3) is 0 Å². The highest BCUT2D eigenvalue weighted by Gasteiger charge is 2.18. The second-order valence-corrected chi connectivity index (χ2v) is 5.73. The minimum atomic E-state index is 0.0893. The monoisotopic (exact) mass is 262 g/mol. The highest BCUT2D eigenvalue weighted by molar-refractivity contribution is 4.93. The molecule has 3 heteroatoms. The first-order valence-electron chi connectivity index (χ1n) is 7.66. The summed E-state index contributed by atoms with van der Waals surface area (Å²) in [5, 5.41) is 3.60. The number of nitrogens with one attached hydrogen (secondary N) is 1. The minimum absolute atomic E-state index is 0.0893. The Balaban J connectivity index is 1.75. The van der Waals surface area contributed by atoms with Crippen LogP contribution >= 0.6 is 0 Å². The molecule has 1 saturated carbocycles. The molecule has 19 heavy (non-hydrogen) atoms. The number of rotatable bonds is 5. The van der Waals surface area contributed by atoms with Gasteiger partial charge in [0.25, 0.3) is 5.56 Å². The van der Waals surface area contributed by atoms with Gasteiger partial charge in [0.05, 0.1) is 0 Å². The van der Waals surface area contributed by atoms with Crippen LogP contribution in [-0.2, 0) is 6.54 Å². The summed E-state index contributed by atoms with van der Waals surface area (Å²) in [4.78, 5) is 11.6. The van der Waals surface area contributed by atoms with Crippen LogP contribution in [0.4, 0.5) is 0 Å². The van der Waals surface area contributed by atoms with E-state index >= 15 is 0 Å². The molecule has 0 bridgehead atoms. The smallest absolute Gasteiger partial charge is 0.250 e. The molecule has 1 aliphatic rings. The van der Waals surface area contributed by atoms with Crippen LogP contribution in [0.5, 0.6) is 0 Å². The molecule has 1 heterocycles. The summed E-state index contributed by atoms with van der Waals surface area (Å²) in [6, 6.07) is 5.89. The quantitative estimate of drug-likeness (QED) is 0.828. The molecule has 0 unspecified atom stereocenters. The Morgan fingerprint density at radius 3 is 2.68 bits per heavy atom. The maximum atomic E-state index is 11.6. The van der Waals surface area contributed by atoms with Crippen LogP contribution in [0.2, 0.25) is 0 Å². The van der Waals surface area contributed by atoms with Gasteiger partial charge < -0.3 is 9.88 Å². The standard InChI is InChI=1S/C16H26N2O/c1-14(15-8-4-2-3-5-9-15)17-11-13-18-12-7-6-10-16(18)19/h6-7,10,12,14-15,17H,2-5,8-9,11,13H2,1H3/t14-/m0/s1. The van der Waals surface area contributed by atoms with Crippen molar-refractivity contribution in [2.45, 2.75) is 58.0 Å². The van der Waals surface area contributed by atoms with Gasteiger partial charge >= 0.3 is 0 Å². The van der Waals surface area contributed by atoms with E-state index in [1.54, 1.807) is 16.7 Å². The van der Waals surface area contributed by atoms with Crippen molar-refractivity contribution in [3.8, 4) is 0 Å². The van der Waals surface area contributed by atoms with Gasteiger partial charge in [-0.2, -0.15) is 0 Å². The molecule has 106 valence electrons. The lowest BCUT2D eigenvalue weighted by Gasteiger charge is -2.23. The van der Waals surface area contributed by atoms with E-state index < -0.39 is 0 Å². The van der Waals surface area contributed by atoms with Crippen molar-refractivity contribution in [3.05, 3.63) is 34.7 Å². The first-order valence-corrected chi connectivity index (χ1v) is 7.66. The molecule has 0 aromatic carbocycles. The molecule has 1 aromatic heterocycles. The van der Waals surface area contributed by atoms with Gasteiger partial charge in [0.2, 0.25) is 0 Å². The zero-order valence-electron chi connectivity index (χ0n) is 12.0. The van der Waals surface area contributed by atoms with Gasteiger partial charge in [0.15, 0.2) is 0 Å². The highest BCUT2D eigenvalue weighted by atomic mass is 16.1. The molecule has 1 fully saturated rings. The molecule has 0 radical (unpaired) electrons. The van der Waals surface area contributed by atoms with E-state index in [9.17, 15) is 4.79 Å². The summed E-state index contributed by atoms with van der Waals surface area (Å²) in [5.74, 6) is 0.815. The normalized spacial score (nSPS) is 19.0. The zero-order valence-corrected chi connectivity index (χ0v) is 12.0. The van der Waals surface area contributed by atoms with Crippen molar-refractivity contribution in [2.75, 3.05) is 6.54 Å². The fourth-order valence-electron chi connectivity index (χ4n) is 3.04. The van der Waals surface area contributed by atoms with E-state index in [4.69, 9.17) is 0 Å². The maximum Gasteiger partial charge on any atom is 0.250 e. The Morgan fingerprint density at radius 1 is 1.26 bits per heavy atom. The molecule has 2 rings (SSSR count). The van der Waals surface area contributed by atoms with Crippen molar-refractivity contribution >= 4 is 0 Å². The third kappa shape index (κ3) is 4.50. The average molecular weight is 262 g/mol. The van der Waals surface area contributed by atoms with Crippen molar-refractivity contribution in [2.24, 2.45) is 5.92 Å². The number of nitrogens with zero attached hydrogens (tertiary/aromatic N) is 1. The van der Waals surface area contributed by atoms with E-state index in [0.29, 0.717) is 6.04 Å². The lowest BCUT2D eigenvalue weighted by atomic mass is 9.93. The molecule has 1 aliphatic carbocycles. The van der Waals surface area contributed by atoms with Crippen LogP contribution in [0.3, 0.4) is 0 Å². The van der Waals surface area contributed by atoms with Crippen molar-refractivity contribution in [1.82, 2.24) is 9.88 Å². The van der Waals surface area contributed by atoms with Crippen LogP contribution in [0.15, 0.2) is 29.2 Å². The summed E-state index contributed by atoms with van der Waals surface area (Å²) in [7, 11) is 0. The molecular weight excluding hydrogens is 236 g/mol.